The van der Waals surface area contributed by atoms with Crippen LogP contribution < -0.4 is 37.6 Å². The Morgan fingerprint density at radius 1 is 0.310 bits per heavy atom. The highest BCUT2D eigenvalue weighted by Gasteiger charge is 2.29. The Kier molecular flexibility index (Phi) is 67.7. The number of hydrogen-bond acceptors (Lipinski definition) is 34. The molecule has 26 N–H and O–H groups in total. The van der Waals surface area contributed by atoms with Crippen LogP contribution in [0, 0.1) is 11.8 Å². The van der Waals surface area contributed by atoms with Crippen LogP contribution in [-0.4, -0.2) is 398 Å². The zero-order chi connectivity index (χ0) is 75.2. The summed E-state index contributed by atoms with van der Waals surface area (Å²) in [6, 6.07) is -0.596. The molecule has 100 heavy (non-hydrogen) atoms. The van der Waals surface area contributed by atoms with Crippen LogP contribution in [0.5, 0.6) is 0 Å². The first-order valence-electron chi connectivity index (χ1n) is 36.8. The summed E-state index contributed by atoms with van der Waals surface area (Å²) in [6.07, 6.45) is 5.58. The Hall–Kier alpha value is -0.492. The fraction of sp³-hybridized carbons (Fsp3) is 1.00. The molecule has 8 atom stereocenters. The van der Waals surface area contributed by atoms with Gasteiger partial charge >= 0.3 is 35.2 Å². The van der Waals surface area contributed by atoms with Crippen LogP contribution in [0.15, 0.2) is 0 Å². The van der Waals surface area contributed by atoms with Crippen molar-refractivity contribution in [3.63, 3.8) is 0 Å². The van der Waals surface area contributed by atoms with Gasteiger partial charge in [-0.25, -0.2) is 0 Å². The molecule has 604 valence electrons. The Labute approximate surface area is 602 Å². The maximum atomic E-state index is 10.7. The highest BCUT2D eigenvalue weighted by atomic mass is 28.4. The van der Waals surface area contributed by atoms with E-state index in [-0.39, 0.29) is 136 Å². The number of nitrogens with two attached hydrogens (primary N) is 1. The molecule has 0 heterocycles. The van der Waals surface area contributed by atoms with Crippen LogP contribution in [0.25, 0.3) is 0 Å². The number of aliphatic hydroxyl groups excluding tert-OH is 6. The summed E-state index contributed by atoms with van der Waals surface area (Å²) in [5, 5.41) is 82.9. The summed E-state index contributed by atoms with van der Waals surface area (Å²) in [5.74, 6) is 1.08. The van der Waals surface area contributed by atoms with Crippen LogP contribution in [0.4, 0.5) is 0 Å². The molecule has 0 fully saturated rings. The van der Waals surface area contributed by atoms with E-state index < -0.39 is 71.8 Å². The van der Waals surface area contributed by atoms with E-state index in [4.69, 9.17) is 91.7 Å². The van der Waals surface area contributed by atoms with E-state index in [2.05, 4.69) is 64.5 Å². The molecule has 0 aromatic heterocycles. The van der Waals surface area contributed by atoms with Crippen molar-refractivity contribution in [3.8, 4) is 0 Å². The van der Waals surface area contributed by atoms with Crippen molar-refractivity contribution >= 4 is 35.2 Å². The highest BCUT2D eigenvalue weighted by Crippen LogP contribution is 2.15. The van der Waals surface area contributed by atoms with Crippen LogP contribution in [0.2, 0.25) is 24.2 Å². The van der Waals surface area contributed by atoms with Crippen molar-refractivity contribution < 1.29 is 117 Å². The number of unbranched alkanes of at least 4 members (excludes halogenated alkanes) is 2. The number of ether oxygens (including phenoxy) is 6. The van der Waals surface area contributed by atoms with Gasteiger partial charge in [-0.1, -0.05) is 66.2 Å². The third-order valence-corrected chi connectivity index (χ3v) is 19.9. The summed E-state index contributed by atoms with van der Waals surface area (Å²) in [7, 11) is -16.5. The Morgan fingerprint density at radius 3 is 0.870 bits per heavy atom. The largest absolute Gasteiger partial charge is 0.492 e. The molecule has 0 aromatic rings. The van der Waals surface area contributed by atoms with Crippen molar-refractivity contribution in [2.75, 3.05) is 223 Å². The standard InChI is InChI=1S/2C31H73N5O12Si2/c1-3-5-8-28(4-2)24-48-27-29(37)21-35(14-11-33-10-9-32)15-12-34-13-16-36(22-30(38)25-46-17-6-19-49(40,41)42)23-31(39)26-47-18-7-20-50(43,44)45;1-3-5-8-28(4-2)24-48-25-29(37)21-35-14-13-33-10-9-32-11-12-34-15-16-36(22-30(38)26-46-17-6-19-49(40,41)42)23-31(39)27-47-18-7-20-50(43,44)45/h28-31,33-34,37-45H,3-27,32H2,1-2H3;28-35,37-45H,3-27H2,1-2H3. The smallest absolute Gasteiger partial charge is 0.390 e. The van der Waals surface area contributed by atoms with E-state index in [1.807, 2.05) is 9.80 Å². The molecular weight excluding hydrogens is 1380 g/mol. The fourth-order valence-electron chi connectivity index (χ4n) is 10.2. The van der Waals surface area contributed by atoms with Gasteiger partial charge in [-0.15, -0.1) is 0 Å². The zero-order valence-corrected chi connectivity index (χ0v) is 65.4. The predicted octanol–water partition coefficient (Wildman–Crippen LogP) is -6.70. The Balaban J connectivity index is 0. The topological polar surface area (TPSA) is 527 Å². The Bertz CT molecular complexity index is 1680. The van der Waals surface area contributed by atoms with Crippen molar-refractivity contribution in [2.45, 2.75) is 166 Å². The molecular formula is C62H146N10O24Si4. The summed E-state index contributed by atoms with van der Waals surface area (Å²) in [5.41, 5.74) is 5.61. The number of aliphatic hydroxyl groups is 6. The van der Waals surface area contributed by atoms with Gasteiger partial charge in [0.25, 0.3) is 0 Å². The first-order valence-corrected chi connectivity index (χ1v) is 45.0. The van der Waals surface area contributed by atoms with E-state index in [1.54, 1.807) is 0 Å². The molecule has 0 aliphatic heterocycles. The minimum atomic E-state index is -4.13. The summed E-state index contributed by atoms with van der Waals surface area (Å²) in [4.78, 5) is 115. The molecule has 34 nitrogen and oxygen atoms in total. The van der Waals surface area contributed by atoms with Gasteiger partial charge in [-0.2, -0.15) is 0 Å². The second-order valence-electron chi connectivity index (χ2n) is 26.2. The lowest BCUT2D eigenvalue weighted by Crippen LogP contribution is -2.45. The molecule has 0 aliphatic carbocycles. The van der Waals surface area contributed by atoms with Gasteiger partial charge < -0.3 is 154 Å². The number of hydrogen-bond donors (Lipinski definition) is 25. The maximum absolute atomic E-state index is 10.7. The average molecular weight is 1530 g/mol. The number of nitrogens with one attached hydrogen (secondary N) is 6. The zero-order valence-electron chi connectivity index (χ0n) is 61.4. The molecule has 0 saturated heterocycles. The fourth-order valence-corrected chi connectivity index (χ4v) is 12.6. The van der Waals surface area contributed by atoms with E-state index >= 15 is 0 Å². The first kappa shape index (κ1) is 102. The van der Waals surface area contributed by atoms with E-state index in [0.717, 1.165) is 78.0 Å². The predicted molar refractivity (Wildman–Crippen MR) is 390 cm³/mol. The minimum absolute atomic E-state index is 0.00609. The molecule has 0 aliphatic rings. The average Bonchev–Trinajstić information content (AvgIpc) is 2.00. The summed E-state index contributed by atoms with van der Waals surface area (Å²) in [6.45, 7) is 24.0. The molecule has 0 radical (unpaired) electrons. The molecule has 0 rings (SSSR count). The Morgan fingerprint density at radius 2 is 0.570 bits per heavy atom. The van der Waals surface area contributed by atoms with Gasteiger partial charge in [0.1, 0.15) is 0 Å². The molecule has 8 unspecified atom stereocenters. The van der Waals surface area contributed by atoms with Crippen LogP contribution >= 0.6 is 0 Å². The maximum Gasteiger partial charge on any atom is 0.492 e. The number of nitrogens with zero attached hydrogens (tertiary/aromatic N) is 3. The van der Waals surface area contributed by atoms with Crippen LogP contribution in [0.3, 0.4) is 0 Å². The van der Waals surface area contributed by atoms with Gasteiger partial charge in [-0.05, 0) is 50.4 Å². The molecule has 0 saturated carbocycles. The second-order valence-corrected chi connectivity index (χ2v) is 34.4. The summed E-state index contributed by atoms with van der Waals surface area (Å²) >= 11 is 0. The molecule has 0 spiro atoms. The van der Waals surface area contributed by atoms with E-state index in [1.165, 1.54) is 25.7 Å². The van der Waals surface area contributed by atoms with Crippen molar-refractivity contribution in [2.24, 2.45) is 17.6 Å². The minimum Gasteiger partial charge on any atom is -0.390 e. The SMILES string of the molecule is CCCCC(CC)COCC(O)CN(CCNCCN)CCNCCN(CC(O)COCCC[Si](O)(O)O)CC(O)COCCC[Si](O)(O)O.CCCCC(CC)COCC(O)CNCCNCCNCCNCCN(CC(O)COCCC[Si](O)(O)O)CC(O)COCCC[Si](O)(O)O. The number of rotatable bonds is 75. The van der Waals surface area contributed by atoms with Gasteiger partial charge in [0.15, 0.2) is 0 Å². The van der Waals surface area contributed by atoms with E-state index in [0.29, 0.717) is 97.1 Å². The van der Waals surface area contributed by atoms with Gasteiger partial charge in [0.05, 0.1) is 76.3 Å². The first-order chi connectivity index (χ1) is 47.4. The van der Waals surface area contributed by atoms with Crippen molar-refractivity contribution in [1.29, 1.82) is 0 Å². The van der Waals surface area contributed by atoms with Crippen LogP contribution in [-0.2, 0) is 28.4 Å². The molecule has 0 bridgehead atoms. The second kappa shape index (κ2) is 66.7. The molecule has 38 heteroatoms. The third-order valence-electron chi connectivity index (χ3n) is 15.8. The van der Waals surface area contributed by atoms with Gasteiger partial charge in [0, 0.05) is 208 Å². The van der Waals surface area contributed by atoms with Gasteiger partial charge in [-0.3, -0.25) is 14.7 Å². The lowest BCUT2D eigenvalue weighted by molar-refractivity contribution is -0.0102. The molecule has 0 amide bonds. The lowest BCUT2D eigenvalue weighted by atomic mass is 10.0. The van der Waals surface area contributed by atoms with E-state index in [9.17, 15) is 30.6 Å². The lowest BCUT2D eigenvalue weighted by Gasteiger charge is -2.28. The summed E-state index contributed by atoms with van der Waals surface area (Å²) < 4.78 is 33.2. The normalized spacial score (nSPS) is 15.2. The third kappa shape index (κ3) is 75.7. The monoisotopic (exact) mass is 1530 g/mol. The van der Waals surface area contributed by atoms with Crippen molar-refractivity contribution in [1.82, 2.24) is 46.6 Å². The van der Waals surface area contributed by atoms with Gasteiger partial charge in [0.2, 0.25) is 0 Å². The van der Waals surface area contributed by atoms with Crippen molar-refractivity contribution in [3.05, 3.63) is 0 Å². The highest BCUT2D eigenvalue weighted by molar-refractivity contribution is 6.57. The quantitative estimate of drug-likeness (QED) is 0.0199. The molecule has 0 aromatic carbocycles. The van der Waals surface area contributed by atoms with Crippen LogP contribution in [0.1, 0.15) is 105 Å².